The number of alkyl halides is 3. The predicted molar refractivity (Wildman–Crippen MR) is 114 cm³/mol. The van der Waals surface area contributed by atoms with E-state index in [4.69, 9.17) is 4.42 Å². The third-order valence-electron chi connectivity index (χ3n) is 5.65. The molecule has 1 N–H and O–H groups in total. The summed E-state index contributed by atoms with van der Waals surface area (Å²) in [6, 6.07) is 9.15. The maximum absolute atomic E-state index is 13.1. The zero-order valence-corrected chi connectivity index (χ0v) is 17.9. The van der Waals surface area contributed by atoms with Crippen molar-refractivity contribution in [1.29, 1.82) is 0 Å². The van der Waals surface area contributed by atoms with Gasteiger partial charge in [0.1, 0.15) is 5.76 Å². The monoisotopic (exact) mass is 460 g/mol. The number of benzene rings is 1. The fraction of sp³-hybridized carbons (Fsp3) is 0.348. The highest BCUT2D eigenvalue weighted by Gasteiger charge is 2.31. The van der Waals surface area contributed by atoms with Crippen LogP contribution in [0, 0.1) is 6.92 Å². The molecule has 2 aromatic heterocycles. The lowest BCUT2D eigenvalue weighted by atomic mass is 10.2. The van der Waals surface area contributed by atoms with E-state index in [1.54, 1.807) is 12.3 Å². The van der Waals surface area contributed by atoms with Crippen LogP contribution >= 0.6 is 0 Å². The van der Waals surface area contributed by atoms with Gasteiger partial charge < -0.3 is 9.73 Å². The first kappa shape index (κ1) is 22.8. The van der Waals surface area contributed by atoms with Gasteiger partial charge in [-0.2, -0.15) is 18.3 Å². The largest absolute Gasteiger partial charge is 0.468 e. The minimum atomic E-state index is -4.53. The smallest absolute Gasteiger partial charge is 0.416 e. The summed E-state index contributed by atoms with van der Waals surface area (Å²) in [4.78, 5) is 27.5. The molecular formula is C23H23F3N4O3. The Balaban J connectivity index is 1.59. The molecule has 1 fully saturated rings. The fourth-order valence-electron chi connectivity index (χ4n) is 4.00. The molecule has 10 heteroatoms. The molecule has 0 bridgehead atoms. The van der Waals surface area contributed by atoms with Crippen LogP contribution in [0.5, 0.6) is 0 Å². The molecule has 0 spiro atoms. The van der Waals surface area contributed by atoms with Crippen LogP contribution in [0.15, 0.2) is 57.9 Å². The number of amides is 1. The van der Waals surface area contributed by atoms with E-state index in [1.807, 2.05) is 6.07 Å². The molecule has 0 radical (unpaired) electrons. The van der Waals surface area contributed by atoms with Crippen molar-refractivity contribution in [2.75, 3.05) is 19.6 Å². The first-order valence-corrected chi connectivity index (χ1v) is 10.6. The van der Waals surface area contributed by atoms with Gasteiger partial charge >= 0.3 is 6.18 Å². The second kappa shape index (κ2) is 9.22. The summed E-state index contributed by atoms with van der Waals surface area (Å²) in [7, 11) is 0. The van der Waals surface area contributed by atoms with Gasteiger partial charge in [0, 0.05) is 18.3 Å². The van der Waals surface area contributed by atoms with Crippen LogP contribution in [0.4, 0.5) is 13.2 Å². The van der Waals surface area contributed by atoms with Gasteiger partial charge in [-0.05, 0) is 63.2 Å². The van der Waals surface area contributed by atoms with Crippen LogP contribution in [0.3, 0.4) is 0 Å². The van der Waals surface area contributed by atoms with Crippen molar-refractivity contribution in [3.63, 3.8) is 0 Å². The molecule has 7 nitrogen and oxygen atoms in total. The number of hydrogen-bond donors (Lipinski definition) is 1. The molecule has 0 saturated carbocycles. The number of likely N-dealkylation sites (tertiary alicyclic amines) is 1. The Kier molecular flexibility index (Phi) is 6.37. The van der Waals surface area contributed by atoms with Crippen molar-refractivity contribution in [3.8, 4) is 5.69 Å². The summed E-state index contributed by atoms with van der Waals surface area (Å²) < 4.78 is 46.1. The molecule has 1 aliphatic heterocycles. The molecule has 1 atom stereocenters. The topological polar surface area (TPSA) is 80.4 Å². The molecule has 4 rings (SSSR count). The Morgan fingerprint density at radius 3 is 2.61 bits per heavy atom. The summed E-state index contributed by atoms with van der Waals surface area (Å²) in [6.07, 6.45) is -0.867. The molecule has 1 saturated heterocycles. The quantitative estimate of drug-likeness (QED) is 0.607. The molecule has 3 heterocycles. The van der Waals surface area contributed by atoms with Crippen molar-refractivity contribution in [1.82, 2.24) is 20.0 Å². The van der Waals surface area contributed by atoms with Gasteiger partial charge in [-0.15, -0.1) is 0 Å². The molecule has 0 unspecified atom stereocenters. The van der Waals surface area contributed by atoms with E-state index >= 15 is 0 Å². The van der Waals surface area contributed by atoms with E-state index in [1.165, 1.54) is 25.1 Å². The highest BCUT2D eigenvalue weighted by Crippen LogP contribution is 2.30. The number of furan rings is 1. The van der Waals surface area contributed by atoms with Crippen molar-refractivity contribution in [2.45, 2.75) is 32.0 Å². The Labute approximate surface area is 187 Å². The Morgan fingerprint density at radius 1 is 1.18 bits per heavy atom. The highest BCUT2D eigenvalue weighted by molar-refractivity contribution is 5.92. The standard InChI is InChI=1S/C23H23F3N4O3/c1-15-12-19(31)21(28-30(15)17-7-4-6-16(13-17)23(24,25)26)22(32)27-14-18(20-8-5-11-33-20)29-9-2-3-10-29/h4-8,11-13,18H,2-3,9-10,14H2,1H3,(H,27,32)/t18-/m1/s1. The number of carbonyl (C=O) groups is 1. The zero-order chi connectivity index (χ0) is 23.6. The molecule has 1 aliphatic rings. The Bertz CT molecular complexity index is 1180. The number of aryl methyl sites for hydroxylation is 1. The van der Waals surface area contributed by atoms with Gasteiger partial charge in [0.15, 0.2) is 5.69 Å². The summed E-state index contributed by atoms with van der Waals surface area (Å²) in [6.45, 7) is 3.47. The molecule has 33 heavy (non-hydrogen) atoms. The van der Waals surface area contributed by atoms with E-state index in [0.29, 0.717) is 11.5 Å². The maximum Gasteiger partial charge on any atom is 0.416 e. The average Bonchev–Trinajstić information content (AvgIpc) is 3.48. The Hall–Kier alpha value is -3.40. The highest BCUT2D eigenvalue weighted by atomic mass is 19.4. The average molecular weight is 460 g/mol. The molecule has 0 aliphatic carbocycles. The van der Waals surface area contributed by atoms with Crippen LogP contribution in [-0.4, -0.2) is 40.2 Å². The summed E-state index contributed by atoms with van der Waals surface area (Å²) in [5.74, 6) is 0.00641. The second-order valence-electron chi connectivity index (χ2n) is 7.94. The number of nitrogens with zero attached hydrogens (tertiary/aromatic N) is 3. The van der Waals surface area contributed by atoms with E-state index in [9.17, 15) is 22.8 Å². The van der Waals surface area contributed by atoms with E-state index in [2.05, 4.69) is 15.3 Å². The fourth-order valence-corrected chi connectivity index (χ4v) is 4.00. The van der Waals surface area contributed by atoms with Gasteiger partial charge in [0.05, 0.1) is 23.6 Å². The minimum absolute atomic E-state index is 0.0990. The number of carbonyl (C=O) groups excluding carboxylic acids is 1. The normalized spacial score (nSPS) is 15.5. The van der Waals surface area contributed by atoms with Crippen molar-refractivity contribution < 1.29 is 22.4 Å². The van der Waals surface area contributed by atoms with E-state index in [0.717, 1.165) is 42.7 Å². The van der Waals surface area contributed by atoms with Crippen LogP contribution in [0.1, 0.15) is 46.4 Å². The van der Waals surface area contributed by atoms with Crippen LogP contribution < -0.4 is 10.7 Å². The number of hydrogen-bond acceptors (Lipinski definition) is 5. The number of nitrogens with one attached hydrogen (secondary N) is 1. The maximum atomic E-state index is 13.1. The lowest BCUT2D eigenvalue weighted by Gasteiger charge is -2.25. The van der Waals surface area contributed by atoms with Gasteiger partial charge in [0.25, 0.3) is 5.91 Å². The molecule has 174 valence electrons. The predicted octanol–water partition coefficient (Wildman–Crippen LogP) is 3.72. The minimum Gasteiger partial charge on any atom is -0.468 e. The second-order valence-corrected chi connectivity index (χ2v) is 7.94. The lowest BCUT2D eigenvalue weighted by Crippen LogP contribution is -2.39. The van der Waals surface area contributed by atoms with Gasteiger partial charge in [0.2, 0.25) is 5.43 Å². The Morgan fingerprint density at radius 2 is 1.94 bits per heavy atom. The number of rotatable bonds is 6. The molecule has 1 amide bonds. The lowest BCUT2D eigenvalue weighted by molar-refractivity contribution is -0.137. The van der Waals surface area contributed by atoms with E-state index < -0.39 is 28.8 Å². The van der Waals surface area contributed by atoms with Crippen LogP contribution in [0.25, 0.3) is 5.69 Å². The van der Waals surface area contributed by atoms with Gasteiger partial charge in [-0.1, -0.05) is 6.07 Å². The zero-order valence-electron chi connectivity index (χ0n) is 17.9. The molecular weight excluding hydrogens is 437 g/mol. The van der Waals surface area contributed by atoms with Crippen LogP contribution in [0.2, 0.25) is 0 Å². The summed E-state index contributed by atoms with van der Waals surface area (Å²) >= 11 is 0. The summed E-state index contributed by atoms with van der Waals surface area (Å²) in [5, 5.41) is 6.83. The number of halogens is 3. The van der Waals surface area contributed by atoms with Gasteiger partial charge in [-0.25, -0.2) is 4.68 Å². The molecule has 1 aromatic carbocycles. The van der Waals surface area contributed by atoms with Crippen molar-refractivity contribution in [2.24, 2.45) is 0 Å². The third kappa shape index (κ3) is 5.00. The van der Waals surface area contributed by atoms with E-state index in [-0.39, 0.29) is 18.3 Å². The first-order valence-electron chi connectivity index (χ1n) is 10.6. The first-order chi connectivity index (χ1) is 15.7. The van der Waals surface area contributed by atoms with Crippen molar-refractivity contribution in [3.05, 3.63) is 81.7 Å². The summed E-state index contributed by atoms with van der Waals surface area (Å²) in [5.41, 5.74) is -1.44. The van der Waals surface area contributed by atoms with Gasteiger partial charge in [-0.3, -0.25) is 14.5 Å². The van der Waals surface area contributed by atoms with Crippen LogP contribution in [-0.2, 0) is 6.18 Å². The SMILES string of the molecule is Cc1cc(=O)c(C(=O)NC[C@H](c2ccco2)N2CCCC2)nn1-c1cccc(C(F)(F)F)c1. The number of aromatic nitrogens is 2. The van der Waals surface area contributed by atoms with Crippen molar-refractivity contribution >= 4 is 5.91 Å². The third-order valence-corrected chi connectivity index (χ3v) is 5.65. The molecule has 3 aromatic rings.